The molecule has 0 aliphatic heterocycles. The zero-order valence-corrected chi connectivity index (χ0v) is 10.2. The molecule has 1 atom stereocenters. The molecule has 0 spiro atoms. The molecule has 2 rings (SSSR count). The summed E-state index contributed by atoms with van der Waals surface area (Å²) in [6, 6.07) is 3.42. The number of rotatable bonds is 6. The number of aliphatic hydroxyl groups is 1. The van der Waals surface area contributed by atoms with Gasteiger partial charge >= 0.3 is 0 Å². The van der Waals surface area contributed by atoms with Gasteiger partial charge in [0.1, 0.15) is 12.4 Å². The van der Waals surface area contributed by atoms with Crippen molar-refractivity contribution in [3.63, 3.8) is 0 Å². The maximum absolute atomic E-state index is 13.0. The summed E-state index contributed by atoms with van der Waals surface area (Å²) < 4.78 is 31.2. The highest BCUT2D eigenvalue weighted by Crippen LogP contribution is 2.39. The number of halogens is 2. The van der Waals surface area contributed by atoms with Crippen molar-refractivity contribution in [1.82, 2.24) is 5.32 Å². The third-order valence-corrected chi connectivity index (χ3v) is 3.53. The van der Waals surface area contributed by atoms with E-state index in [2.05, 4.69) is 5.32 Å². The zero-order valence-electron chi connectivity index (χ0n) is 10.2. The van der Waals surface area contributed by atoms with E-state index in [4.69, 9.17) is 4.74 Å². The molecule has 1 saturated carbocycles. The van der Waals surface area contributed by atoms with Gasteiger partial charge in [-0.1, -0.05) is 0 Å². The molecular formula is C13H17F2NO2. The van der Waals surface area contributed by atoms with Crippen molar-refractivity contribution in [2.75, 3.05) is 20.3 Å². The fraction of sp³-hybridized carbons (Fsp3) is 0.538. The van der Waals surface area contributed by atoms with Crippen LogP contribution in [0.25, 0.3) is 0 Å². The molecule has 1 fully saturated rings. The third kappa shape index (κ3) is 2.62. The Kier molecular flexibility index (Phi) is 3.82. The molecule has 5 heteroatoms. The van der Waals surface area contributed by atoms with Crippen molar-refractivity contribution in [1.29, 1.82) is 0 Å². The maximum Gasteiger partial charge on any atom is 0.162 e. The monoisotopic (exact) mass is 257 g/mol. The first kappa shape index (κ1) is 13.2. The highest BCUT2D eigenvalue weighted by Gasteiger charge is 2.44. The minimum Gasteiger partial charge on any atom is -0.491 e. The van der Waals surface area contributed by atoms with Crippen LogP contribution in [0, 0.1) is 17.6 Å². The molecule has 0 bridgehead atoms. The molecule has 18 heavy (non-hydrogen) atoms. The van der Waals surface area contributed by atoms with Crippen LogP contribution in [0.2, 0.25) is 0 Å². The van der Waals surface area contributed by atoms with Crippen molar-refractivity contribution >= 4 is 0 Å². The van der Waals surface area contributed by atoms with Gasteiger partial charge in [-0.2, -0.15) is 0 Å². The van der Waals surface area contributed by atoms with Crippen molar-refractivity contribution in [2.24, 2.45) is 5.92 Å². The quantitative estimate of drug-likeness (QED) is 0.815. The lowest BCUT2D eigenvalue weighted by molar-refractivity contribution is 0.0912. The number of ether oxygens (including phenoxy) is 1. The van der Waals surface area contributed by atoms with Crippen LogP contribution in [0.15, 0.2) is 18.2 Å². The number of hydrogen-bond acceptors (Lipinski definition) is 3. The molecular weight excluding hydrogens is 240 g/mol. The average Bonchev–Trinajstić information content (AvgIpc) is 3.20. The van der Waals surface area contributed by atoms with Gasteiger partial charge in [-0.3, -0.25) is 0 Å². The fourth-order valence-corrected chi connectivity index (χ4v) is 2.06. The predicted molar refractivity (Wildman–Crippen MR) is 63.5 cm³/mol. The van der Waals surface area contributed by atoms with E-state index in [9.17, 15) is 13.9 Å². The van der Waals surface area contributed by atoms with E-state index >= 15 is 0 Å². The first-order valence-electron chi connectivity index (χ1n) is 5.99. The summed E-state index contributed by atoms with van der Waals surface area (Å²) in [4.78, 5) is 0. The first-order valence-corrected chi connectivity index (χ1v) is 5.99. The third-order valence-electron chi connectivity index (χ3n) is 3.53. The van der Waals surface area contributed by atoms with Crippen molar-refractivity contribution in [3.8, 4) is 5.75 Å². The van der Waals surface area contributed by atoms with E-state index in [0.717, 1.165) is 25.0 Å². The van der Waals surface area contributed by atoms with Gasteiger partial charge in [-0.25, -0.2) is 8.78 Å². The zero-order chi connectivity index (χ0) is 13.2. The Morgan fingerprint density at radius 2 is 2.11 bits per heavy atom. The largest absolute Gasteiger partial charge is 0.491 e. The Morgan fingerprint density at radius 1 is 1.39 bits per heavy atom. The number of aliphatic hydroxyl groups excluding tert-OH is 1. The van der Waals surface area contributed by atoms with Crippen LogP contribution in [0.1, 0.15) is 12.8 Å². The van der Waals surface area contributed by atoms with E-state index in [-0.39, 0.29) is 19.0 Å². The van der Waals surface area contributed by atoms with Crippen LogP contribution in [-0.4, -0.2) is 30.9 Å². The van der Waals surface area contributed by atoms with Crippen LogP contribution in [0.3, 0.4) is 0 Å². The molecule has 1 aromatic carbocycles. The number of likely N-dealkylation sites (N-methyl/N-ethyl adjacent to an activating group) is 1. The van der Waals surface area contributed by atoms with Gasteiger partial charge in [-0.15, -0.1) is 0 Å². The molecule has 1 aliphatic rings. The molecule has 2 N–H and O–H groups in total. The van der Waals surface area contributed by atoms with E-state index in [0.29, 0.717) is 5.92 Å². The summed E-state index contributed by atoms with van der Waals surface area (Å²) in [5.74, 6) is -1.19. The van der Waals surface area contributed by atoms with E-state index < -0.39 is 17.2 Å². The Bertz CT molecular complexity index is 417. The second-order valence-electron chi connectivity index (χ2n) is 4.70. The van der Waals surface area contributed by atoms with Crippen LogP contribution < -0.4 is 10.1 Å². The molecule has 0 aromatic heterocycles. The first-order chi connectivity index (χ1) is 8.61. The topological polar surface area (TPSA) is 41.5 Å². The van der Waals surface area contributed by atoms with Crippen LogP contribution in [0.4, 0.5) is 8.78 Å². The van der Waals surface area contributed by atoms with E-state index in [1.165, 1.54) is 6.07 Å². The minimum atomic E-state index is -0.932. The van der Waals surface area contributed by atoms with Crippen molar-refractivity contribution in [3.05, 3.63) is 29.8 Å². The van der Waals surface area contributed by atoms with Crippen molar-refractivity contribution in [2.45, 2.75) is 18.4 Å². The highest BCUT2D eigenvalue weighted by atomic mass is 19.2. The molecule has 3 nitrogen and oxygen atoms in total. The summed E-state index contributed by atoms with van der Waals surface area (Å²) in [5.41, 5.74) is -0.495. The van der Waals surface area contributed by atoms with E-state index in [1.807, 2.05) is 0 Å². The Morgan fingerprint density at radius 3 is 2.61 bits per heavy atom. The predicted octanol–water partition coefficient (Wildman–Crippen LogP) is 1.70. The smallest absolute Gasteiger partial charge is 0.162 e. The van der Waals surface area contributed by atoms with Gasteiger partial charge in [0.25, 0.3) is 0 Å². The summed E-state index contributed by atoms with van der Waals surface area (Å²) in [5, 5.41) is 12.6. The molecule has 0 heterocycles. The number of benzene rings is 1. The van der Waals surface area contributed by atoms with Crippen LogP contribution in [-0.2, 0) is 0 Å². The normalized spacial score (nSPS) is 18.4. The van der Waals surface area contributed by atoms with Gasteiger partial charge in [-0.05, 0) is 37.9 Å². The molecule has 1 aliphatic carbocycles. The molecule has 0 radical (unpaired) electrons. The van der Waals surface area contributed by atoms with Gasteiger partial charge in [0, 0.05) is 6.07 Å². The number of nitrogens with one attached hydrogen (secondary N) is 1. The van der Waals surface area contributed by atoms with Gasteiger partial charge in [0.15, 0.2) is 11.6 Å². The molecule has 1 aromatic rings. The highest BCUT2D eigenvalue weighted by molar-refractivity contribution is 5.24. The maximum atomic E-state index is 13.0. The molecule has 0 saturated heterocycles. The standard InChI is InChI=1S/C13H17F2NO2/c1-16-13(7-17,9-2-3-9)8-18-10-4-5-11(14)12(15)6-10/h4-6,9,16-17H,2-3,7-8H2,1H3. The summed E-state index contributed by atoms with van der Waals surface area (Å²) >= 11 is 0. The summed E-state index contributed by atoms with van der Waals surface area (Å²) in [7, 11) is 1.77. The summed E-state index contributed by atoms with van der Waals surface area (Å²) in [6.45, 7) is 0.188. The lowest BCUT2D eigenvalue weighted by atomic mass is 9.95. The molecule has 100 valence electrons. The minimum absolute atomic E-state index is 0.0438. The van der Waals surface area contributed by atoms with Crippen LogP contribution in [0.5, 0.6) is 5.75 Å². The van der Waals surface area contributed by atoms with Gasteiger partial charge in [0.05, 0.1) is 12.1 Å². The van der Waals surface area contributed by atoms with Gasteiger partial charge < -0.3 is 15.2 Å². The average molecular weight is 257 g/mol. The lowest BCUT2D eigenvalue weighted by Gasteiger charge is -2.31. The second-order valence-corrected chi connectivity index (χ2v) is 4.70. The second kappa shape index (κ2) is 5.20. The molecule has 1 unspecified atom stereocenters. The van der Waals surface area contributed by atoms with Gasteiger partial charge in [0.2, 0.25) is 0 Å². The molecule has 0 amide bonds. The SMILES string of the molecule is CNC(CO)(COc1ccc(F)c(F)c1)C1CC1. The van der Waals surface area contributed by atoms with Crippen LogP contribution >= 0.6 is 0 Å². The fourth-order valence-electron chi connectivity index (χ4n) is 2.06. The Labute approximate surface area is 105 Å². The van der Waals surface area contributed by atoms with E-state index in [1.54, 1.807) is 7.05 Å². The number of hydrogen-bond donors (Lipinski definition) is 2. The Hall–Kier alpha value is -1.20. The van der Waals surface area contributed by atoms with Crippen molar-refractivity contribution < 1.29 is 18.6 Å². The lowest BCUT2D eigenvalue weighted by Crippen LogP contribution is -2.53. The Balaban J connectivity index is 2.02. The summed E-state index contributed by atoms with van der Waals surface area (Å²) in [6.07, 6.45) is 2.09.